The third-order valence-electron chi connectivity index (χ3n) is 5.58. The van der Waals surface area contributed by atoms with Crippen molar-refractivity contribution >= 4 is 16.9 Å². The van der Waals surface area contributed by atoms with E-state index < -0.39 is 0 Å². The molecular weight excluding hydrogens is 340 g/mol. The van der Waals surface area contributed by atoms with Crippen LogP contribution in [0.15, 0.2) is 55.1 Å². The number of carbonyl (C=O) groups excluding carboxylic acids is 1. The molecule has 27 heavy (non-hydrogen) atoms. The summed E-state index contributed by atoms with van der Waals surface area (Å²) in [5.74, 6) is 0.893. The number of benzene rings is 1. The number of ether oxygens (including phenoxy) is 1. The number of hydrogen-bond donors (Lipinski definition) is 0. The Morgan fingerprint density at radius 3 is 2.52 bits per heavy atom. The molecule has 0 radical (unpaired) electrons. The van der Waals surface area contributed by atoms with Crippen LogP contribution in [0.3, 0.4) is 0 Å². The van der Waals surface area contributed by atoms with E-state index in [1.165, 1.54) is 0 Å². The molecule has 2 aliphatic rings. The van der Waals surface area contributed by atoms with Gasteiger partial charge in [-0.25, -0.2) is 0 Å². The van der Waals surface area contributed by atoms with E-state index in [2.05, 4.69) is 19.9 Å². The topological polar surface area (TPSA) is 68.2 Å². The highest BCUT2D eigenvalue weighted by Gasteiger charge is 2.44. The number of carbonyl (C=O) groups is 1. The second-order valence-corrected chi connectivity index (χ2v) is 7.26. The second kappa shape index (κ2) is 6.61. The van der Waals surface area contributed by atoms with Crippen LogP contribution in [-0.2, 0) is 0 Å². The summed E-state index contributed by atoms with van der Waals surface area (Å²) in [6.45, 7) is 0. The van der Waals surface area contributed by atoms with Gasteiger partial charge in [0.05, 0.1) is 17.2 Å². The van der Waals surface area contributed by atoms with Crippen LogP contribution in [0.1, 0.15) is 36.0 Å². The number of nitrogens with zero attached hydrogens (tertiary/aromatic N) is 4. The van der Waals surface area contributed by atoms with E-state index in [4.69, 9.17) is 4.74 Å². The highest BCUT2D eigenvalue weighted by Crippen LogP contribution is 2.38. The number of pyridine rings is 1. The molecule has 1 aromatic carbocycles. The molecule has 6 nitrogen and oxygen atoms in total. The summed E-state index contributed by atoms with van der Waals surface area (Å²) in [6.07, 6.45) is 10.8. The molecule has 0 saturated carbocycles. The molecule has 2 fully saturated rings. The monoisotopic (exact) mass is 360 g/mol. The van der Waals surface area contributed by atoms with Gasteiger partial charge in [-0.05, 0) is 43.2 Å². The molecule has 2 aromatic heterocycles. The van der Waals surface area contributed by atoms with Crippen molar-refractivity contribution in [2.45, 2.75) is 43.9 Å². The zero-order chi connectivity index (χ0) is 18.2. The van der Waals surface area contributed by atoms with Gasteiger partial charge in [0.2, 0.25) is 0 Å². The summed E-state index contributed by atoms with van der Waals surface area (Å²) in [5.41, 5.74) is 2.25. The minimum Gasteiger partial charge on any atom is -0.489 e. The summed E-state index contributed by atoms with van der Waals surface area (Å²) in [4.78, 5) is 28.0. The van der Waals surface area contributed by atoms with Crippen molar-refractivity contribution in [1.29, 1.82) is 0 Å². The summed E-state index contributed by atoms with van der Waals surface area (Å²) in [7, 11) is 0. The van der Waals surface area contributed by atoms with Gasteiger partial charge >= 0.3 is 0 Å². The molecule has 6 heteroatoms. The quantitative estimate of drug-likeness (QED) is 0.717. The van der Waals surface area contributed by atoms with Gasteiger partial charge in [-0.15, -0.1) is 0 Å². The van der Waals surface area contributed by atoms with Crippen LogP contribution in [0.2, 0.25) is 0 Å². The van der Waals surface area contributed by atoms with Crippen molar-refractivity contribution in [3.05, 3.63) is 60.7 Å². The van der Waals surface area contributed by atoms with E-state index in [9.17, 15) is 4.79 Å². The maximum Gasteiger partial charge on any atom is 0.254 e. The van der Waals surface area contributed by atoms with Crippen LogP contribution in [0.5, 0.6) is 5.75 Å². The van der Waals surface area contributed by atoms with Crippen LogP contribution in [-0.4, -0.2) is 43.9 Å². The Morgan fingerprint density at radius 2 is 1.78 bits per heavy atom. The first-order chi connectivity index (χ1) is 13.3. The third kappa shape index (κ3) is 3.01. The van der Waals surface area contributed by atoms with Gasteiger partial charge in [-0.1, -0.05) is 0 Å². The summed E-state index contributed by atoms with van der Waals surface area (Å²) >= 11 is 0. The van der Waals surface area contributed by atoms with Gasteiger partial charge in [-0.3, -0.25) is 19.7 Å². The largest absolute Gasteiger partial charge is 0.489 e. The fourth-order valence-electron chi connectivity index (χ4n) is 4.41. The van der Waals surface area contributed by atoms with E-state index in [1.54, 1.807) is 24.8 Å². The highest BCUT2D eigenvalue weighted by atomic mass is 16.5. The number of piperidine rings is 1. The first kappa shape index (κ1) is 16.2. The summed E-state index contributed by atoms with van der Waals surface area (Å²) in [5, 5.41) is 0. The van der Waals surface area contributed by atoms with Crippen molar-refractivity contribution in [1.82, 2.24) is 19.9 Å². The number of rotatable bonds is 3. The third-order valence-corrected chi connectivity index (χ3v) is 5.58. The number of amides is 1. The standard InChI is InChI=1S/C21H20N4O2/c26-21(14-3-6-19-20(10-14)24-9-8-23-19)25-15-4-5-16(25)12-18(11-15)27-17-2-1-7-22-13-17/h1-3,6-10,13,15-16,18H,4-5,11-12H2. The first-order valence-electron chi connectivity index (χ1n) is 9.38. The lowest BCUT2D eigenvalue weighted by atomic mass is 9.98. The minimum absolute atomic E-state index is 0.0925. The van der Waals surface area contributed by atoms with Crippen LogP contribution in [0.25, 0.3) is 11.0 Å². The molecule has 4 heterocycles. The zero-order valence-electron chi connectivity index (χ0n) is 14.9. The maximum absolute atomic E-state index is 13.2. The molecule has 0 spiro atoms. The number of hydrogen-bond acceptors (Lipinski definition) is 5. The molecule has 3 aromatic rings. The van der Waals surface area contributed by atoms with Crippen LogP contribution < -0.4 is 4.74 Å². The van der Waals surface area contributed by atoms with Crippen LogP contribution >= 0.6 is 0 Å². The minimum atomic E-state index is 0.0925. The lowest BCUT2D eigenvalue weighted by molar-refractivity contribution is 0.0358. The Hall–Kier alpha value is -3.02. The smallest absolute Gasteiger partial charge is 0.254 e. The second-order valence-electron chi connectivity index (χ2n) is 7.26. The van der Waals surface area contributed by atoms with Crippen molar-refractivity contribution in [2.24, 2.45) is 0 Å². The fraction of sp³-hybridized carbons (Fsp3) is 0.333. The molecule has 0 N–H and O–H groups in total. The van der Waals surface area contributed by atoms with E-state index in [0.29, 0.717) is 5.56 Å². The molecular formula is C21H20N4O2. The molecule has 1 amide bonds. The molecule has 0 aliphatic carbocycles. The zero-order valence-corrected chi connectivity index (χ0v) is 14.9. The molecule has 2 atom stereocenters. The Bertz CT molecular complexity index is 964. The first-order valence-corrected chi connectivity index (χ1v) is 9.38. The molecule has 2 unspecified atom stereocenters. The van der Waals surface area contributed by atoms with Gasteiger partial charge in [0.25, 0.3) is 5.91 Å². The van der Waals surface area contributed by atoms with E-state index in [0.717, 1.165) is 42.5 Å². The molecule has 5 rings (SSSR count). The fourth-order valence-corrected chi connectivity index (χ4v) is 4.41. The van der Waals surface area contributed by atoms with Gasteiger partial charge in [0.15, 0.2) is 0 Å². The van der Waals surface area contributed by atoms with Crippen LogP contribution in [0.4, 0.5) is 0 Å². The van der Waals surface area contributed by atoms with E-state index >= 15 is 0 Å². The normalized spacial score (nSPS) is 24.1. The molecule has 2 aliphatic heterocycles. The Morgan fingerprint density at radius 1 is 1.00 bits per heavy atom. The molecule has 2 bridgehead atoms. The molecule has 136 valence electrons. The van der Waals surface area contributed by atoms with Gasteiger partial charge < -0.3 is 9.64 Å². The van der Waals surface area contributed by atoms with Gasteiger partial charge in [0, 0.05) is 49.1 Å². The Labute approximate surface area is 157 Å². The highest BCUT2D eigenvalue weighted by molar-refractivity contribution is 5.97. The molecule has 2 saturated heterocycles. The summed E-state index contributed by atoms with van der Waals surface area (Å²) < 4.78 is 6.11. The van der Waals surface area contributed by atoms with Crippen molar-refractivity contribution in [3.8, 4) is 5.75 Å². The lowest BCUT2D eigenvalue weighted by Crippen LogP contribution is -2.49. The number of fused-ring (bicyclic) bond motifs is 3. The Balaban J connectivity index is 1.34. The van der Waals surface area contributed by atoms with Gasteiger partial charge in [0.1, 0.15) is 11.9 Å². The Kier molecular flexibility index (Phi) is 3.96. The SMILES string of the molecule is O=C(c1ccc2nccnc2c1)N1C2CCC1CC(Oc1cccnc1)C2. The van der Waals surface area contributed by atoms with E-state index in [1.807, 2.05) is 30.3 Å². The van der Waals surface area contributed by atoms with Crippen molar-refractivity contribution in [3.63, 3.8) is 0 Å². The lowest BCUT2D eigenvalue weighted by Gasteiger charge is -2.39. The predicted octanol–water partition coefficient (Wildman–Crippen LogP) is 3.24. The van der Waals surface area contributed by atoms with Crippen molar-refractivity contribution in [2.75, 3.05) is 0 Å². The average molecular weight is 360 g/mol. The number of aromatic nitrogens is 3. The van der Waals surface area contributed by atoms with Crippen LogP contribution in [0, 0.1) is 0 Å². The summed E-state index contributed by atoms with van der Waals surface area (Å²) in [6, 6.07) is 9.86. The van der Waals surface area contributed by atoms with Crippen molar-refractivity contribution < 1.29 is 9.53 Å². The average Bonchev–Trinajstić information content (AvgIpc) is 2.98. The van der Waals surface area contributed by atoms with E-state index in [-0.39, 0.29) is 24.1 Å². The van der Waals surface area contributed by atoms with Gasteiger partial charge in [-0.2, -0.15) is 0 Å². The maximum atomic E-state index is 13.2. The predicted molar refractivity (Wildman–Crippen MR) is 100 cm³/mol.